The van der Waals surface area contributed by atoms with Crippen molar-refractivity contribution in [2.45, 2.75) is 0 Å². The molecule has 0 N–H and O–H groups in total. The topological polar surface area (TPSA) is 41.9 Å². The average Bonchev–Trinajstić information content (AvgIpc) is 3.90. The van der Waals surface area contributed by atoms with Gasteiger partial charge in [0.2, 0.25) is 0 Å². The third-order valence-electron chi connectivity index (χ3n) is 10.7. The van der Waals surface area contributed by atoms with Crippen molar-refractivity contribution < 1.29 is 4.42 Å². The zero-order valence-corrected chi connectivity index (χ0v) is 29.2. The van der Waals surface area contributed by atoms with Gasteiger partial charge in [0.15, 0.2) is 11.2 Å². The molecule has 0 amide bonds. The van der Waals surface area contributed by atoms with Crippen LogP contribution < -0.4 is 0 Å². The maximum atomic E-state index is 10.3. The van der Waals surface area contributed by atoms with Gasteiger partial charge < -0.3 is 8.98 Å². The number of para-hydroxylation sites is 1. The predicted octanol–water partition coefficient (Wildman–Crippen LogP) is 13.9. The molecule has 0 saturated heterocycles. The van der Waals surface area contributed by atoms with E-state index < -0.39 is 0 Å². The smallest absolute Gasteiger partial charge is 0.159 e. The van der Waals surface area contributed by atoms with Gasteiger partial charge >= 0.3 is 0 Å². The summed E-state index contributed by atoms with van der Waals surface area (Å²) in [7, 11) is 0. The van der Waals surface area contributed by atoms with Crippen molar-refractivity contribution in [3.8, 4) is 45.1 Å². The lowest BCUT2D eigenvalue weighted by Crippen LogP contribution is -1.94. The van der Waals surface area contributed by atoms with E-state index in [2.05, 4.69) is 174 Å². The van der Waals surface area contributed by atoms with Crippen LogP contribution in [0.15, 0.2) is 174 Å². The minimum atomic E-state index is 0.524. The summed E-state index contributed by atoms with van der Waals surface area (Å²) in [6.45, 7) is 0. The molecule has 11 aromatic rings. The fraction of sp³-hybridized carbons (Fsp3) is 0. The minimum Gasteiger partial charge on any atom is -0.452 e. The predicted molar refractivity (Wildman–Crippen MR) is 222 cm³/mol. The SMILES string of the molecule is N#Cc1ccc(-c2ccc3c(c2)sc2ccccc23)c2c1oc1c(-n3c4ccc(-c5ccccc5)cc4c4cc(-c5ccccc5)ccc43)cccc12. The molecule has 8 aromatic carbocycles. The van der Waals surface area contributed by atoms with E-state index in [1.54, 1.807) is 0 Å². The van der Waals surface area contributed by atoms with E-state index in [0.29, 0.717) is 11.1 Å². The Labute approximate surface area is 308 Å². The summed E-state index contributed by atoms with van der Waals surface area (Å²) in [4.78, 5) is 0. The molecule has 0 unspecified atom stereocenters. The summed E-state index contributed by atoms with van der Waals surface area (Å²) in [5.74, 6) is 0. The molecular weight excluding hydrogens is 665 g/mol. The number of fused-ring (bicyclic) bond motifs is 9. The van der Waals surface area contributed by atoms with Crippen molar-refractivity contribution >= 4 is 75.3 Å². The second-order valence-corrected chi connectivity index (χ2v) is 14.7. The molecule has 0 fully saturated rings. The molecule has 0 aliphatic heterocycles. The molecule has 0 atom stereocenters. The highest BCUT2D eigenvalue weighted by Crippen LogP contribution is 2.44. The molecule has 0 radical (unpaired) electrons. The van der Waals surface area contributed by atoms with Crippen molar-refractivity contribution in [2.24, 2.45) is 0 Å². The van der Waals surface area contributed by atoms with Crippen LogP contribution in [0.3, 0.4) is 0 Å². The van der Waals surface area contributed by atoms with E-state index in [-0.39, 0.29) is 0 Å². The quantitative estimate of drug-likeness (QED) is 0.184. The molecule has 53 heavy (non-hydrogen) atoms. The van der Waals surface area contributed by atoms with E-state index in [1.165, 1.54) is 53.2 Å². The first-order valence-electron chi connectivity index (χ1n) is 17.7. The van der Waals surface area contributed by atoms with Crippen LogP contribution >= 0.6 is 11.3 Å². The summed E-state index contributed by atoms with van der Waals surface area (Å²) in [6.07, 6.45) is 0. The van der Waals surface area contributed by atoms with E-state index in [9.17, 15) is 5.26 Å². The highest BCUT2D eigenvalue weighted by molar-refractivity contribution is 7.25. The molecule has 0 bridgehead atoms. The Bertz CT molecular complexity index is 3190. The molecule has 3 aromatic heterocycles. The Hall–Kier alpha value is -6.93. The van der Waals surface area contributed by atoms with Gasteiger partial charge in [-0.1, -0.05) is 121 Å². The number of benzene rings is 8. The van der Waals surface area contributed by atoms with Crippen LogP contribution in [0.25, 0.3) is 103 Å². The van der Waals surface area contributed by atoms with E-state index >= 15 is 0 Å². The van der Waals surface area contributed by atoms with Crippen LogP contribution in [0.1, 0.15) is 5.56 Å². The Kier molecular flexibility index (Phi) is 6.48. The number of thiophene rings is 1. The lowest BCUT2D eigenvalue weighted by atomic mass is 9.96. The molecule has 11 rings (SSSR count). The molecule has 0 saturated carbocycles. The molecule has 3 heterocycles. The first kappa shape index (κ1) is 29.8. The maximum absolute atomic E-state index is 10.3. The number of rotatable bonds is 4. The van der Waals surface area contributed by atoms with E-state index in [1.807, 2.05) is 17.4 Å². The number of hydrogen-bond acceptors (Lipinski definition) is 3. The van der Waals surface area contributed by atoms with Gasteiger partial charge in [-0.25, -0.2) is 0 Å². The minimum absolute atomic E-state index is 0.524. The Morgan fingerprint density at radius 2 is 1.08 bits per heavy atom. The number of nitrogens with zero attached hydrogens (tertiary/aromatic N) is 2. The molecule has 246 valence electrons. The highest BCUT2D eigenvalue weighted by Gasteiger charge is 2.22. The highest BCUT2D eigenvalue weighted by atomic mass is 32.1. The average molecular weight is 693 g/mol. The number of nitriles is 1. The maximum Gasteiger partial charge on any atom is 0.159 e. The van der Waals surface area contributed by atoms with Crippen LogP contribution in [-0.4, -0.2) is 4.57 Å². The first-order chi connectivity index (χ1) is 26.2. The van der Waals surface area contributed by atoms with Crippen molar-refractivity contribution in [2.75, 3.05) is 0 Å². The summed E-state index contributed by atoms with van der Waals surface area (Å²) in [5.41, 5.74) is 11.9. The largest absolute Gasteiger partial charge is 0.452 e. The van der Waals surface area contributed by atoms with Gasteiger partial charge in [0, 0.05) is 41.7 Å². The van der Waals surface area contributed by atoms with Gasteiger partial charge in [-0.05, 0) is 81.9 Å². The third kappa shape index (κ3) is 4.52. The summed E-state index contributed by atoms with van der Waals surface area (Å²) < 4.78 is 11.7. The summed E-state index contributed by atoms with van der Waals surface area (Å²) >= 11 is 1.81. The number of furan rings is 1. The van der Waals surface area contributed by atoms with E-state index in [0.717, 1.165) is 44.2 Å². The Morgan fingerprint density at radius 1 is 0.453 bits per heavy atom. The zero-order chi connectivity index (χ0) is 35.0. The molecule has 4 heteroatoms. The van der Waals surface area contributed by atoms with Gasteiger partial charge in [-0.15, -0.1) is 11.3 Å². The molecular formula is C49H28N2OS. The van der Waals surface area contributed by atoms with Crippen LogP contribution in [0.5, 0.6) is 0 Å². The van der Waals surface area contributed by atoms with E-state index in [4.69, 9.17) is 4.42 Å². The van der Waals surface area contributed by atoms with Crippen molar-refractivity contribution in [3.05, 3.63) is 175 Å². The lowest BCUT2D eigenvalue weighted by molar-refractivity contribution is 0.665. The summed E-state index contributed by atoms with van der Waals surface area (Å²) in [5, 5.41) is 17.1. The first-order valence-corrected chi connectivity index (χ1v) is 18.5. The standard InChI is InChI=1S/C49H28N2OS/c50-29-35-19-22-36(34-18-23-38-37-14-7-8-17-45(37)53-46(38)28-34)47-39-15-9-16-44(49(39)52-48(35)47)51-42-24-20-32(30-10-3-1-4-11-30)26-40(42)41-27-33(21-25-43(41)51)31-12-5-2-6-13-31/h1-28H. The number of hydrogen-bond donors (Lipinski definition) is 0. The second kappa shape index (κ2) is 11.5. The Balaban J connectivity index is 1.18. The van der Waals surface area contributed by atoms with Crippen molar-refractivity contribution in [3.63, 3.8) is 0 Å². The molecule has 3 nitrogen and oxygen atoms in total. The van der Waals surface area contributed by atoms with Crippen LogP contribution in [0.4, 0.5) is 0 Å². The van der Waals surface area contributed by atoms with Crippen LogP contribution in [0.2, 0.25) is 0 Å². The van der Waals surface area contributed by atoms with Gasteiger partial charge in [0.25, 0.3) is 0 Å². The van der Waals surface area contributed by atoms with Crippen molar-refractivity contribution in [1.82, 2.24) is 4.57 Å². The second-order valence-electron chi connectivity index (χ2n) is 13.6. The summed E-state index contributed by atoms with van der Waals surface area (Å²) in [6, 6.07) is 62.6. The number of aromatic nitrogens is 1. The van der Waals surface area contributed by atoms with Crippen LogP contribution in [0, 0.1) is 11.3 Å². The Morgan fingerprint density at radius 3 is 1.77 bits per heavy atom. The normalized spacial score (nSPS) is 11.8. The molecule has 0 aliphatic rings. The third-order valence-corrected chi connectivity index (χ3v) is 11.8. The van der Waals surface area contributed by atoms with Gasteiger partial charge in [0.05, 0.1) is 22.3 Å². The van der Waals surface area contributed by atoms with Gasteiger partial charge in [0.1, 0.15) is 6.07 Å². The lowest BCUT2D eigenvalue weighted by Gasteiger charge is -2.10. The van der Waals surface area contributed by atoms with Crippen LogP contribution in [-0.2, 0) is 0 Å². The molecule has 0 spiro atoms. The fourth-order valence-corrected chi connectivity index (χ4v) is 9.33. The monoisotopic (exact) mass is 692 g/mol. The van der Waals surface area contributed by atoms with Gasteiger partial charge in [-0.3, -0.25) is 0 Å². The zero-order valence-electron chi connectivity index (χ0n) is 28.4. The van der Waals surface area contributed by atoms with Crippen molar-refractivity contribution in [1.29, 1.82) is 5.26 Å². The van der Waals surface area contributed by atoms with Gasteiger partial charge in [-0.2, -0.15) is 5.26 Å². The molecule has 0 aliphatic carbocycles. The fourth-order valence-electron chi connectivity index (χ4n) is 8.19.